The number of benzene rings is 1. The van der Waals surface area contributed by atoms with Crippen molar-refractivity contribution >= 4 is 28.9 Å². The van der Waals surface area contributed by atoms with Gasteiger partial charge in [0.25, 0.3) is 0 Å². The van der Waals surface area contributed by atoms with Crippen LogP contribution in [0.15, 0.2) is 17.2 Å². The Morgan fingerprint density at radius 1 is 1.40 bits per heavy atom. The molecule has 0 saturated heterocycles. The average molecular weight is 241 g/mol. The summed E-state index contributed by atoms with van der Waals surface area (Å²) in [6.07, 6.45) is 0. The first-order chi connectivity index (χ1) is 7.16. The highest BCUT2D eigenvalue weighted by Crippen LogP contribution is 2.30. The Hall–Kier alpha value is -1.53. The molecule has 1 aromatic rings. The molecule has 2 N–H and O–H groups in total. The van der Waals surface area contributed by atoms with Crippen molar-refractivity contribution in [2.24, 2.45) is 5.11 Å². The molecule has 0 aliphatic rings. The third-order valence-corrected chi connectivity index (χ3v) is 2.44. The van der Waals surface area contributed by atoms with Gasteiger partial charge in [-0.2, -0.15) is 0 Å². The van der Waals surface area contributed by atoms with Gasteiger partial charge in [0, 0.05) is 10.5 Å². The van der Waals surface area contributed by atoms with Crippen LogP contribution >= 0.6 is 23.2 Å². The van der Waals surface area contributed by atoms with Crippen molar-refractivity contribution in [1.29, 1.82) is 0 Å². The number of rotatable bonds is 1. The monoisotopic (exact) mass is 240 g/mol. The van der Waals surface area contributed by atoms with Gasteiger partial charge in [0.05, 0.1) is 22.3 Å². The van der Waals surface area contributed by atoms with Crippen LogP contribution in [0.2, 0.25) is 10.0 Å². The van der Waals surface area contributed by atoms with E-state index in [2.05, 4.69) is 21.9 Å². The minimum atomic E-state index is 0.0921. The number of hydrogen-bond acceptors (Lipinski definition) is 2. The molecule has 0 fully saturated rings. The van der Waals surface area contributed by atoms with E-state index >= 15 is 0 Å². The van der Waals surface area contributed by atoms with Crippen molar-refractivity contribution in [3.8, 4) is 11.8 Å². The van der Waals surface area contributed by atoms with E-state index in [-0.39, 0.29) is 11.6 Å². The van der Waals surface area contributed by atoms with Crippen molar-refractivity contribution in [1.82, 2.24) is 0 Å². The number of azide groups is 1. The molecule has 1 aromatic carbocycles. The molecule has 4 nitrogen and oxygen atoms in total. The lowest BCUT2D eigenvalue weighted by Gasteiger charge is -2.01. The van der Waals surface area contributed by atoms with Crippen molar-refractivity contribution < 1.29 is 0 Å². The van der Waals surface area contributed by atoms with Gasteiger partial charge in [-0.25, -0.2) is 0 Å². The maximum absolute atomic E-state index is 8.03. The van der Waals surface area contributed by atoms with Gasteiger partial charge in [-0.3, -0.25) is 0 Å². The standard InChI is InChI=1S/C9H6Cl2N4/c10-8-6(2-1-5-14-15-13)3-4-7(12)9(8)11/h3-4H,5,12H2. The van der Waals surface area contributed by atoms with Gasteiger partial charge in [-0.1, -0.05) is 40.2 Å². The van der Waals surface area contributed by atoms with E-state index in [1.807, 2.05) is 0 Å². The Morgan fingerprint density at radius 2 is 2.13 bits per heavy atom. The summed E-state index contributed by atoms with van der Waals surface area (Å²) < 4.78 is 0. The Morgan fingerprint density at radius 3 is 2.80 bits per heavy atom. The van der Waals surface area contributed by atoms with Gasteiger partial charge in [-0.05, 0) is 17.7 Å². The van der Waals surface area contributed by atoms with Crippen LogP contribution in [-0.4, -0.2) is 6.54 Å². The third-order valence-electron chi connectivity index (χ3n) is 1.55. The van der Waals surface area contributed by atoms with Crippen molar-refractivity contribution in [2.75, 3.05) is 12.3 Å². The Labute approximate surface area is 96.6 Å². The zero-order valence-electron chi connectivity index (χ0n) is 7.54. The number of halogens is 2. The van der Waals surface area contributed by atoms with Crippen LogP contribution in [0.25, 0.3) is 10.4 Å². The predicted octanol–water partition coefficient (Wildman–Crippen LogP) is 3.24. The smallest absolute Gasteiger partial charge is 0.0880 e. The molecule has 0 unspecified atom stereocenters. The van der Waals surface area contributed by atoms with Crippen molar-refractivity contribution in [3.63, 3.8) is 0 Å². The molecule has 0 aliphatic carbocycles. The molecular weight excluding hydrogens is 235 g/mol. The first-order valence-electron chi connectivity index (χ1n) is 3.90. The maximum Gasteiger partial charge on any atom is 0.0880 e. The number of hydrogen-bond donors (Lipinski definition) is 1. The van der Waals surface area contributed by atoms with Crippen LogP contribution in [-0.2, 0) is 0 Å². The largest absolute Gasteiger partial charge is 0.397 e. The van der Waals surface area contributed by atoms with Crippen LogP contribution in [0, 0.1) is 11.8 Å². The summed E-state index contributed by atoms with van der Waals surface area (Å²) in [5, 5.41) is 3.86. The Balaban J connectivity index is 2.99. The van der Waals surface area contributed by atoms with E-state index in [1.165, 1.54) is 0 Å². The van der Waals surface area contributed by atoms with Gasteiger partial charge in [-0.15, -0.1) is 0 Å². The number of anilines is 1. The molecule has 1 rings (SSSR count). The summed E-state index contributed by atoms with van der Waals surface area (Å²) in [4.78, 5) is 2.56. The minimum absolute atomic E-state index is 0.0921. The molecule has 76 valence electrons. The third kappa shape index (κ3) is 2.97. The molecule has 0 aromatic heterocycles. The molecule has 0 heterocycles. The number of nitrogens with two attached hydrogens (primary N) is 1. The van der Waals surface area contributed by atoms with Crippen molar-refractivity contribution in [2.45, 2.75) is 0 Å². The van der Waals surface area contributed by atoms with Crippen LogP contribution < -0.4 is 5.73 Å². The minimum Gasteiger partial charge on any atom is -0.397 e. The normalized spacial score (nSPS) is 8.67. The van der Waals surface area contributed by atoms with Crippen LogP contribution in [0.4, 0.5) is 5.69 Å². The topological polar surface area (TPSA) is 74.8 Å². The van der Waals surface area contributed by atoms with Crippen LogP contribution in [0.1, 0.15) is 5.56 Å². The highest BCUT2D eigenvalue weighted by molar-refractivity contribution is 6.44. The van der Waals surface area contributed by atoms with Gasteiger partial charge in [0.1, 0.15) is 0 Å². The molecule has 0 bridgehead atoms. The van der Waals surface area contributed by atoms with E-state index in [1.54, 1.807) is 12.1 Å². The lowest BCUT2D eigenvalue weighted by Crippen LogP contribution is -1.88. The number of nitrogens with zero attached hydrogens (tertiary/aromatic N) is 3. The number of nitrogen functional groups attached to an aromatic ring is 1. The molecule has 15 heavy (non-hydrogen) atoms. The van der Waals surface area contributed by atoms with E-state index in [0.717, 1.165) is 0 Å². The molecule has 0 aliphatic heterocycles. The lowest BCUT2D eigenvalue weighted by atomic mass is 10.2. The van der Waals surface area contributed by atoms with E-state index in [0.29, 0.717) is 16.3 Å². The lowest BCUT2D eigenvalue weighted by molar-refractivity contribution is 1.25. The first kappa shape index (κ1) is 11.5. The summed E-state index contributed by atoms with van der Waals surface area (Å²) in [6.45, 7) is 0.0921. The van der Waals surface area contributed by atoms with E-state index in [4.69, 9.17) is 34.5 Å². The second-order valence-corrected chi connectivity index (χ2v) is 3.28. The fourth-order valence-corrected chi connectivity index (χ4v) is 1.25. The summed E-state index contributed by atoms with van der Waals surface area (Å²) in [5.74, 6) is 5.36. The van der Waals surface area contributed by atoms with Gasteiger partial charge in [0.15, 0.2) is 0 Å². The fourth-order valence-electron chi connectivity index (χ4n) is 0.863. The Bertz CT molecular complexity index is 481. The molecule has 0 spiro atoms. The first-order valence-corrected chi connectivity index (χ1v) is 4.65. The molecule has 0 amide bonds. The summed E-state index contributed by atoms with van der Waals surface area (Å²) >= 11 is 11.7. The molecule has 0 radical (unpaired) electrons. The van der Waals surface area contributed by atoms with Crippen molar-refractivity contribution in [3.05, 3.63) is 38.2 Å². The quantitative estimate of drug-likeness (QED) is 0.264. The highest BCUT2D eigenvalue weighted by Gasteiger charge is 2.05. The maximum atomic E-state index is 8.03. The zero-order chi connectivity index (χ0) is 11.3. The van der Waals surface area contributed by atoms with Crippen LogP contribution in [0.3, 0.4) is 0 Å². The van der Waals surface area contributed by atoms with E-state index < -0.39 is 0 Å². The summed E-state index contributed by atoms with van der Waals surface area (Å²) in [7, 11) is 0. The Kier molecular flexibility index (Phi) is 4.14. The average Bonchev–Trinajstić information content (AvgIpc) is 2.24. The summed E-state index contributed by atoms with van der Waals surface area (Å²) in [5.41, 5.74) is 14.5. The van der Waals surface area contributed by atoms with Gasteiger partial charge in [0.2, 0.25) is 0 Å². The highest BCUT2D eigenvalue weighted by atomic mass is 35.5. The van der Waals surface area contributed by atoms with Gasteiger partial charge >= 0.3 is 0 Å². The molecular formula is C9H6Cl2N4. The molecule has 6 heteroatoms. The molecule has 0 saturated carbocycles. The van der Waals surface area contributed by atoms with E-state index in [9.17, 15) is 0 Å². The fraction of sp³-hybridized carbons (Fsp3) is 0.111. The second-order valence-electron chi connectivity index (χ2n) is 2.52. The van der Waals surface area contributed by atoms with Crippen LogP contribution in [0.5, 0.6) is 0 Å². The SMILES string of the molecule is [N-]=[N+]=NCC#Cc1ccc(N)c(Cl)c1Cl. The second kappa shape index (κ2) is 5.38. The molecule has 0 atom stereocenters. The zero-order valence-corrected chi connectivity index (χ0v) is 9.05. The van der Waals surface area contributed by atoms with Gasteiger partial charge < -0.3 is 5.73 Å². The summed E-state index contributed by atoms with van der Waals surface area (Å²) in [6, 6.07) is 3.28. The predicted molar refractivity (Wildman–Crippen MR) is 61.8 cm³/mol.